The average Bonchev–Trinajstić information content (AvgIpc) is 3.01. The number of rotatable bonds is 6. The zero-order chi connectivity index (χ0) is 19.5. The minimum atomic E-state index is 0. The third-order valence-electron chi connectivity index (χ3n) is 5.92. The maximum absolute atomic E-state index is 13.0. The molecule has 0 saturated carbocycles. The SMILES string of the molecule is COC1=C(CC2CCN(Cc3ccccc3)CC2)C(=O)c2cccc(OC)c21.Cl. The molecule has 1 aliphatic heterocycles. The van der Waals surface area contributed by atoms with Crippen LogP contribution < -0.4 is 4.74 Å². The number of methoxy groups -OCH3 is 2. The second-order valence-electron chi connectivity index (χ2n) is 7.63. The normalized spacial score (nSPS) is 17.1. The molecule has 0 amide bonds. The lowest BCUT2D eigenvalue weighted by Crippen LogP contribution is -2.33. The van der Waals surface area contributed by atoms with Crippen LogP contribution in [0.3, 0.4) is 0 Å². The van der Waals surface area contributed by atoms with Crippen molar-refractivity contribution >= 4 is 23.9 Å². The zero-order valence-corrected chi connectivity index (χ0v) is 17.8. The van der Waals surface area contributed by atoms with Gasteiger partial charge in [-0.2, -0.15) is 0 Å². The van der Waals surface area contributed by atoms with Crippen LogP contribution in [0.4, 0.5) is 0 Å². The van der Waals surface area contributed by atoms with Crippen molar-refractivity contribution in [2.75, 3.05) is 27.3 Å². The second kappa shape index (κ2) is 9.47. The number of fused-ring (bicyclic) bond motifs is 1. The number of ketones is 1. The van der Waals surface area contributed by atoms with E-state index in [1.54, 1.807) is 14.2 Å². The molecule has 0 N–H and O–H groups in total. The van der Waals surface area contributed by atoms with Crippen molar-refractivity contribution in [3.63, 3.8) is 0 Å². The highest BCUT2D eigenvalue weighted by Crippen LogP contribution is 2.42. The number of Topliss-reactive ketones (excluding diaryl/α,β-unsaturated/α-hetero) is 1. The first-order valence-electron chi connectivity index (χ1n) is 9.96. The Hall–Kier alpha value is -2.30. The number of benzene rings is 2. The van der Waals surface area contributed by atoms with Crippen molar-refractivity contribution in [3.8, 4) is 5.75 Å². The van der Waals surface area contributed by atoms with Gasteiger partial charge in [-0.05, 0) is 49.9 Å². The van der Waals surface area contributed by atoms with Gasteiger partial charge in [0.2, 0.25) is 0 Å². The molecule has 2 aromatic rings. The molecule has 154 valence electrons. The first kappa shape index (κ1) is 21.4. The minimum Gasteiger partial charge on any atom is -0.496 e. The van der Waals surface area contributed by atoms with E-state index in [1.165, 1.54) is 5.56 Å². The smallest absolute Gasteiger partial charge is 0.193 e. The van der Waals surface area contributed by atoms with Crippen molar-refractivity contribution in [2.24, 2.45) is 5.92 Å². The predicted molar refractivity (Wildman–Crippen MR) is 118 cm³/mol. The van der Waals surface area contributed by atoms with E-state index in [0.717, 1.165) is 50.0 Å². The molecule has 1 heterocycles. The Bertz CT molecular complexity index is 886. The van der Waals surface area contributed by atoms with Gasteiger partial charge in [-0.15, -0.1) is 12.4 Å². The number of allylic oxidation sites excluding steroid dienone is 1. The Morgan fingerprint density at radius 3 is 2.34 bits per heavy atom. The topological polar surface area (TPSA) is 38.8 Å². The Labute approximate surface area is 178 Å². The summed E-state index contributed by atoms with van der Waals surface area (Å²) in [6.45, 7) is 3.14. The highest BCUT2D eigenvalue weighted by atomic mass is 35.5. The summed E-state index contributed by atoms with van der Waals surface area (Å²) >= 11 is 0. The van der Waals surface area contributed by atoms with Gasteiger partial charge in [0, 0.05) is 17.7 Å². The fourth-order valence-electron chi connectivity index (χ4n) is 4.43. The number of ether oxygens (including phenoxy) is 2. The summed E-state index contributed by atoms with van der Waals surface area (Å²) in [5, 5.41) is 0. The number of halogens is 1. The monoisotopic (exact) mass is 413 g/mol. The Kier molecular flexibility index (Phi) is 6.99. The van der Waals surface area contributed by atoms with E-state index in [9.17, 15) is 4.79 Å². The van der Waals surface area contributed by atoms with Crippen LogP contribution in [-0.4, -0.2) is 38.0 Å². The molecule has 0 unspecified atom stereocenters. The van der Waals surface area contributed by atoms with Crippen LogP contribution >= 0.6 is 12.4 Å². The lowest BCUT2D eigenvalue weighted by atomic mass is 9.88. The van der Waals surface area contributed by atoms with Crippen LogP contribution in [0.15, 0.2) is 54.1 Å². The number of likely N-dealkylation sites (tertiary alicyclic amines) is 1. The Balaban J connectivity index is 0.00000240. The number of hydrogen-bond acceptors (Lipinski definition) is 4. The molecular weight excluding hydrogens is 386 g/mol. The molecule has 1 fully saturated rings. The van der Waals surface area contributed by atoms with Crippen LogP contribution in [0.2, 0.25) is 0 Å². The first-order chi connectivity index (χ1) is 13.7. The van der Waals surface area contributed by atoms with Crippen molar-refractivity contribution < 1.29 is 14.3 Å². The highest BCUT2D eigenvalue weighted by Gasteiger charge is 2.35. The van der Waals surface area contributed by atoms with E-state index in [4.69, 9.17) is 9.47 Å². The van der Waals surface area contributed by atoms with E-state index in [0.29, 0.717) is 23.0 Å². The van der Waals surface area contributed by atoms with Crippen molar-refractivity contribution in [1.82, 2.24) is 4.90 Å². The molecule has 0 aromatic heterocycles. The van der Waals surface area contributed by atoms with E-state index >= 15 is 0 Å². The maximum Gasteiger partial charge on any atom is 0.193 e. The number of hydrogen-bond donors (Lipinski definition) is 0. The van der Waals surface area contributed by atoms with Crippen molar-refractivity contribution in [3.05, 3.63) is 70.8 Å². The fourth-order valence-corrected chi connectivity index (χ4v) is 4.43. The molecule has 0 spiro atoms. The fraction of sp³-hybridized carbons (Fsp3) is 0.375. The summed E-state index contributed by atoms with van der Waals surface area (Å²) < 4.78 is 11.1. The lowest BCUT2D eigenvalue weighted by molar-refractivity contribution is 0.102. The summed E-state index contributed by atoms with van der Waals surface area (Å²) in [5.41, 5.74) is 3.68. The van der Waals surface area contributed by atoms with Crippen LogP contribution in [0.1, 0.15) is 40.7 Å². The second-order valence-corrected chi connectivity index (χ2v) is 7.63. The van der Waals surface area contributed by atoms with Gasteiger partial charge in [0.25, 0.3) is 0 Å². The number of piperidine rings is 1. The van der Waals surface area contributed by atoms with Crippen LogP contribution in [0.5, 0.6) is 5.75 Å². The van der Waals surface area contributed by atoms with Crippen LogP contribution in [0.25, 0.3) is 5.76 Å². The van der Waals surface area contributed by atoms with Gasteiger partial charge in [-0.3, -0.25) is 9.69 Å². The molecule has 2 aromatic carbocycles. The van der Waals surface area contributed by atoms with E-state index in [-0.39, 0.29) is 18.2 Å². The average molecular weight is 414 g/mol. The summed E-state index contributed by atoms with van der Waals surface area (Å²) in [7, 11) is 3.28. The third-order valence-corrected chi connectivity index (χ3v) is 5.92. The summed E-state index contributed by atoms with van der Waals surface area (Å²) in [6.07, 6.45) is 2.99. The van der Waals surface area contributed by atoms with E-state index in [1.807, 2.05) is 18.2 Å². The molecule has 4 nitrogen and oxygen atoms in total. The summed E-state index contributed by atoms with van der Waals surface area (Å²) in [4.78, 5) is 15.5. The standard InChI is InChI=1S/C24H27NO3.ClH/c1-27-21-10-6-9-19-22(21)24(28-2)20(23(19)26)15-17-11-13-25(14-12-17)16-18-7-4-3-5-8-18;/h3-10,17H,11-16H2,1-2H3;1H. The van der Waals surface area contributed by atoms with Gasteiger partial charge in [0.05, 0.1) is 19.8 Å². The molecule has 2 aliphatic rings. The largest absolute Gasteiger partial charge is 0.496 e. The Morgan fingerprint density at radius 2 is 1.69 bits per heavy atom. The highest BCUT2D eigenvalue weighted by molar-refractivity contribution is 6.20. The molecule has 5 heteroatoms. The zero-order valence-electron chi connectivity index (χ0n) is 17.0. The van der Waals surface area contributed by atoms with E-state index < -0.39 is 0 Å². The van der Waals surface area contributed by atoms with Gasteiger partial charge in [-0.1, -0.05) is 42.5 Å². The number of nitrogens with zero attached hydrogens (tertiary/aromatic N) is 1. The van der Waals surface area contributed by atoms with E-state index in [2.05, 4.69) is 35.2 Å². The van der Waals surface area contributed by atoms with Crippen LogP contribution in [-0.2, 0) is 11.3 Å². The van der Waals surface area contributed by atoms with Gasteiger partial charge in [0.15, 0.2) is 5.78 Å². The minimum absolute atomic E-state index is 0. The molecular formula is C24H28ClNO3. The van der Waals surface area contributed by atoms with Crippen molar-refractivity contribution in [2.45, 2.75) is 25.8 Å². The summed E-state index contributed by atoms with van der Waals surface area (Å²) in [5.74, 6) is 2.01. The molecule has 0 radical (unpaired) electrons. The van der Waals surface area contributed by atoms with Crippen LogP contribution in [0, 0.1) is 5.92 Å². The quantitative estimate of drug-likeness (QED) is 0.670. The molecule has 1 saturated heterocycles. The van der Waals surface area contributed by atoms with Gasteiger partial charge >= 0.3 is 0 Å². The van der Waals surface area contributed by atoms with Gasteiger partial charge in [0.1, 0.15) is 11.5 Å². The molecule has 29 heavy (non-hydrogen) atoms. The molecule has 0 bridgehead atoms. The molecule has 1 aliphatic carbocycles. The number of carbonyl (C=O) groups excluding carboxylic acids is 1. The lowest BCUT2D eigenvalue weighted by Gasteiger charge is -2.32. The number of carbonyl (C=O) groups is 1. The Morgan fingerprint density at radius 1 is 0.966 bits per heavy atom. The van der Waals surface area contributed by atoms with Crippen molar-refractivity contribution in [1.29, 1.82) is 0 Å². The predicted octanol–water partition coefficient (Wildman–Crippen LogP) is 4.97. The molecule has 0 atom stereocenters. The van der Waals surface area contributed by atoms with Gasteiger partial charge < -0.3 is 9.47 Å². The summed E-state index contributed by atoms with van der Waals surface area (Å²) in [6, 6.07) is 16.2. The van der Waals surface area contributed by atoms with Gasteiger partial charge in [-0.25, -0.2) is 0 Å². The first-order valence-corrected chi connectivity index (χ1v) is 9.96. The third kappa shape index (κ3) is 4.34. The maximum atomic E-state index is 13.0. The molecule has 4 rings (SSSR count).